The van der Waals surface area contributed by atoms with E-state index in [9.17, 15) is 0 Å². The van der Waals surface area contributed by atoms with Crippen molar-refractivity contribution in [3.05, 3.63) is 16.3 Å². The van der Waals surface area contributed by atoms with Gasteiger partial charge in [0.15, 0.2) is 0 Å². The molecule has 1 fully saturated rings. The molecular formula is C19H27N3OS. The Labute approximate surface area is 148 Å². The Morgan fingerprint density at radius 2 is 2.04 bits per heavy atom. The molecule has 0 bridgehead atoms. The fourth-order valence-corrected chi connectivity index (χ4v) is 5.22. The van der Waals surface area contributed by atoms with E-state index in [0.717, 1.165) is 44.5 Å². The number of aromatic nitrogens is 2. The fraction of sp³-hybridized carbons (Fsp3) is 0.684. The van der Waals surface area contributed by atoms with Crippen LogP contribution in [0.3, 0.4) is 0 Å². The van der Waals surface area contributed by atoms with Gasteiger partial charge in [0.25, 0.3) is 0 Å². The Balaban J connectivity index is 1.85. The van der Waals surface area contributed by atoms with Crippen molar-refractivity contribution in [2.24, 2.45) is 11.8 Å². The summed E-state index contributed by atoms with van der Waals surface area (Å²) in [4.78, 5) is 15.2. The summed E-state index contributed by atoms with van der Waals surface area (Å²) in [7, 11) is 0. The first-order chi connectivity index (χ1) is 11.6. The molecule has 1 aliphatic heterocycles. The summed E-state index contributed by atoms with van der Waals surface area (Å²) in [5, 5.41) is 1.34. The summed E-state index contributed by atoms with van der Waals surface area (Å²) in [5.41, 5.74) is 1.53. The molecule has 2 aromatic rings. The third-order valence-electron chi connectivity index (χ3n) is 5.08. The van der Waals surface area contributed by atoms with Gasteiger partial charge in [-0.05, 0) is 36.7 Å². The molecule has 0 radical (unpaired) electrons. The van der Waals surface area contributed by atoms with E-state index in [1.54, 1.807) is 4.88 Å². The summed E-state index contributed by atoms with van der Waals surface area (Å²) in [6, 6.07) is 0. The van der Waals surface area contributed by atoms with E-state index in [1.165, 1.54) is 40.9 Å². The van der Waals surface area contributed by atoms with Gasteiger partial charge < -0.3 is 9.64 Å². The minimum Gasteiger partial charge on any atom is -0.378 e. The van der Waals surface area contributed by atoms with Gasteiger partial charge in [-0.15, -0.1) is 11.3 Å². The minimum absolute atomic E-state index is 0.578. The Morgan fingerprint density at radius 1 is 1.25 bits per heavy atom. The Morgan fingerprint density at radius 3 is 2.79 bits per heavy atom. The highest BCUT2D eigenvalue weighted by Gasteiger charge is 2.26. The molecule has 1 aliphatic carbocycles. The van der Waals surface area contributed by atoms with Crippen LogP contribution >= 0.6 is 11.3 Å². The lowest BCUT2D eigenvalue weighted by Crippen LogP contribution is -2.37. The third kappa shape index (κ3) is 3.04. The van der Waals surface area contributed by atoms with Crippen LogP contribution in [0.25, 0.3) is 10.2 Å². The standard InChI is InChI=1S/C19H27N3OS/c1-12(2)10-16-20-18(22-6-8-23-9-7-22)17-14-5-4-13(3)11-15(14)24-19(17)21-16/h12-13H,4-11H2,1-3H3. The highest BCUT2D eigenvalue weighted by atomic mass is 32.1. The molecule has 0 N–H and O–H groups in total. The number of ether oxygens (including phenoxy) is 1. The normalized spacial score (nSPS) is 21.5. The molecule has 130 valence electrons. The van der Waals surface area contributed by atoms with Gasteiger partial charge in [0.05, 0.1) is 18.6 Å². The van der Waals surface area contributed by atoms with Crippen molar-refractivity contribution in [1.82, 2.24) is 9.97 Å². The van der Waals surface area contributed by atoms with Gasteiger partial charge in [-0.25, -0.2) is 9.97 Å². The van der Waals surface area contributed by atoms with Crippen molar-refractivity contribution in [3.8, 4) is 0 Å². The summed E-state index contributed by atoms with van der Waals surface area (Å²) >= 11 is 1.91. The average molecular weight is 346 g/mol. The van der Waals surface area contributed by atoms with Gasteiger partial charge in [0, 0.05) is 24.4 Å². The van der Waals surface area contributed by atoms with Crippen LogP contribution in [-0.4, -0.2) is 36.3 Å². The summed E-state index contributed by atoms with van der Waals surface area (Å²) in [5.74, 6) is 3.55. The molecule has 1 atom stereocenters. The maximum atomic E-state index is 5.55. The van der Waals surface area contributed by atoms with Crippen molar-refractivity contribution in [1.29, 1.82) is 0 Å². The maximum Gasteiger partial charge on any atom is 0.141 e. The predicted octanol–water partition coefficient (Wildman–Crippen LogP) is 3.85. The molecule has 0 saturated carbocycles. The van der Waals surface area contributed by atoms with Crippen LogP contribution < -0.4 is 4.90 Å². The summed E-state index contributed by atoms with van der Waals surface area (Å²) in [6.07, 6.45) is 4.63. The average Bonchev–Trinajstić information content (AvgIpc) is 2.91. The fourth-order valence-electron chi connectivity index (χ4n) is 3.83. The predicted molar refractivity (Wildman–Crippen MR) is 100 cm³/mol. The van der Waals surface area contributed by atoms with Gasteiger partial charge in [-0.1, -0.05) is 20.8 Å². The Hall–Kier alpha value is -1.20. The van der Waals surface area contributed by atoms with E-state index in [2.05, 4.69) is 25.7 Å². The lowest BCUT2D eigenvalue weighted by Gasteiger charge is -2.29. The third-order valence-corrected chi connectivity index (χ3v) is 6.23. The lowest BCUT2D eigenvalue weighted by atomic mass is 9.89. The number of anilines is 1. The maximum absolute atomic E-state index is 5.55. The zero-order chi connectivity index (χ0) is 16.7. The first-order valence-electron chi connectivity index (χ1n) is 9.25. The lowest BCUT2D eigenvalue weighted by molar-refractivity contribution is 0.122. The number of rotatable bonds is 3. The molecule has 0 amide bonds. The largest absolute Gasteiger partial charge is 0.378 e. The molecule has 4 rings (SSSR count). The molecule has 2 aliphatic rings. The van der Waals surface area contributed by atoms with Gasteiger partial charge >= 0.3 is 0 Å². The first kappa shape index (κ1) is 16.3. The van der Waals surface area contributed by atoms with Crippen LogP contribution in [0.4, 0.5) is 5.82 Å². The van der Waals surface area contributed by atoms with Crippen LogP contribution in [0, 0.1) is 11.8 Å². The molecule has 1 saturated heterocycles. The van der Waals surface area contributed by atoms with Gasteiger partial charge in [0.1, 0.15) is 16.5 Å². The van der Waals surface area contributed by atoms with E-state index in [0.29, 0.717) is 5.92 Å². The van der Waals surface area contributed by atoms with Crippen molar-refractivity contribution >= 4 is 27.4 Å². The molecule has 0 aromatic carbocycles. The molecule has 3 heterocycles. The Kier molecular flexibility index (Phi) is 4.48. The van der Waals surface area contributed by atoms with Crippen LogP contribution in [0.15, 0.2) is 0 Å². The van der Waals surface area contributed by atoms with E-state index in [1.807, 2.05) is 11.3 Å². The number of hydrogen-bond acceptors (Lipinski definition) is 5. The van der Waals surface area contributed by atoms with Crippen LogP contribution in [-0.2, 0) is 24.0 Å². The first-order valence-corrected chi connectivity index (χ1v) is 10.1. The van der Waals surface area contributed by atoms with Crippen molar-refractivity contribution < 1.29 is 4.74 Å². The number of hydrogen-bond donors (Lipinski definition) is 0. The molecular weight excluding hydrogens is 318 g/mol. The van der Waals surface area contributed by atoms with Crippen LogP contribution in [0.5, 0.6) is 0 Å². The molecule has 0 spiro atoms. The molecule has 1 unspecified atom stereocenters. The quantitative estimate of drug-likeness (QED) is 0.847. The molecule has 24 heavy (non-hydrogen) atoms. The van der Waals surface area contributed by atoms with Crippen molar-refractivity contribution in [3.63, 3.8) is 0 Å². The molecule has 2 aromatic heterocycles. The number of aryl methyl sites for hydroxylation is 1. The number of morpholine rings is 1. The monoisotopic (exact) mass is 345 g/mol. The zero-order valence-electron chi connectivity index (χ0n) is 15.0. The summed E-state index contributed by atoms with van der Waals surface area (Å²) < 4.78 is 5.55. The SMILES string of the molecule is CC(C)Cc1nc(N2CCOCC2)c2c3c(sc2n1)CC(C)CC3. The number of fused-ring (bicyclic) bond motifs is 3. The topological polar surface area (TPSA) is 38.2 Å². The van der Waals surface area contributed by atoms with Gasteiger partial charge in [-0.3, -0.25) is 0 Å². The van der Waals surface area contributed by atoms with Crippen LogP contribution in [0.2, 0.25) is 0 Å². The second kappa shape index (κ2) is 6.60. The highest BCUT2D eigenvalue weighted by molar-refractivity contribution is 7.19. The van der Waals surface area contributed by atoms with Gasteiger partial charge in [0.2, 0.25) is 0 Å². The van der Waals surface area contributed by atoms with E-state index < -0.39 is 0 Å². The second-order valence-electron chi connectivity index (χ2n) is 7.69. The van der Waals surface area contributed by atoms with E-state index in [4.69, 9.17) is 14.7 Å². The second-order valence-corrected chi connectivity index (χ2v) is 8.78. The number of nitrogens with zero attached hydrogens (tertiary/aromatic N) is 3. The van der Waals surface area contributed by atoms with Crippen LogP contribution in [0.1, 0.15) is 43.5 Å². The molecule has 5 heteroatoms. The summed E-state index contributed by atoms with van der Waals surface area (Å²) in [6.45, 7) is 10.3. The zero-order valence-corrected chi connectivity index (χ0v) is 15.8. The van der Waals surface area contributed by atoms with E-state index in [-0.39, 0.29) is 0 Å². The number of thiophene rings is 1. The smallest absolute Gasteiger partial charge is 0.141 e. The van der Waals surface area contributed by atoms with Gasteiger partial charge in [-0.2, -0.15) is 0 Å². The Bertz CT molecular complexity index is 734. The van der Waals surface area contributed by atoms with Crippen molar-refractivity contribution in [2.75, 3.05) is 31.2 Å². The minimum atomic E-state index is 0.578. The van der Waals surface area contributed by atoms with E-state index >= 15 is 0 Å². The highest BCUT2D eigenvalue weighted by Crippen LogP contribution is 2.41. The van der Waals surface area contributed by atoms with Crippen molar-refractivity contribution in [2.45, 2.75) is 46.5 Å². The molecule has 4 nitrogen and oxygen atoms in total.